The molecule has 0 fully saturated rings. The Hall–Kier alpha value is 0.01000. The molecule has 0 amide bonds. The molecule has 0 spiro atoms. The summed E-state index contributed by atoms with van der Waals surface area (Å²) in [5.74, 6) is 3.25. The summed E-state index contributed by atoms with van der Waals surface area (Å²) in [5.41, 5.74) is 0.928. The summed E-state index contributed by atoms with van der Waals surface area (Å²) in [5, 5.41) is 1.23. The highest BCUT2D eigenvalue weighted by atomic mass is 35.5. The zero-order chi connectivity index (χ0) is 8.27. The zero-order valence-corrected chi connectivity index (χ0v) is 8.46. The molecule has 1 rings (SSSR count). The Balaban J connectivity index is 0.00000121. The van der Waals surface area contributed by atoms with Gasteiger partial charge in [-0.2, -0.15) is 0 Å². The summed E-state index contributed by atoms with van der Waals surface area (Å²) < 4.78 is 0. The maximum atomic E-state index is 5.73. The highest BCUT2D eigenvalue weighted by Crippen LogP contribution is 2.18. The van der Waals surface area contributed by atoms with Crippen LogP contribution in [-0.2, 0) is 11.4 Å². The van der Waals surface area contributed by atoms with Gasteiger partial charge in [0, 0.05) is 10.0 Å². The minimum absolute atomic E-state index is 0. The van der Waals surface area contributed by atoms with Crippen molar-refractivity contribution in [1.29, 1.82) is 0 Å². The molecule has 68 valence electrons. The molecule has 0 saturated heterocycles. The minimum Gasteiger partial charge on any atom is -1.00 e. The normalized spacial score (nSPS) is 9.25. The number of rotatable bonds is 2. The number of hydrogen-bond donors (Lipinski definition) is 1. The Bertz CT molecular complexity index is 234. The lowest BCUT2D eigenvalue weighted by Crippen LogP contribution is -3.00. The van der Waals surface area contributed by atoms with E-state index in [2.05, 4.69) is 10.7 Å². The van der Waals surface area contributed by atoms with Gasteiger partial charge in [-0.3, -0.25) is 0 Å². The largest absolute Gasteiger partial charge is 1.00 e. The van der Waals surface area contributed by atoms with Gasteiger partial charge in [0.1, 0.15) is 6.61 Å². The van der Waals surface area contributed by atoms with Crippen molar-refractivity contribution in [2.45, 2.75) is 6.61 Å². The summed E-state index contributed by atoms with van der Waals surface area (Å²) in [6, 6.07) is 5.26. The van der Waals surface area contributed by atoms with Crippen molar-refractivity contribution in [3.05, 3.63) is 33.8 Å². The van der Waals surface area contributed by atoms with Crippen LogP contribution in [0.2, 0.25) is 10.0 Å². The van der Waals surface area contributed by atoms with Gasteiger partial charge in [-0.1, -0.05) is 23.2 Å². The van der Waals surface area contributed by atoms with Gasteiger partial charge in [0.05, 0.1) is 0 Å². The summed E-state index contributed by atoms with van der Waals surface area (Å²) >= 11 is 11.5. The molecule has 0 saturated carbocycles. The van der Waals surface area contributed by atoms with E-state index in [0.717, 1.165) is 5.56 Å². The van der Waals surface area contributed by atoms with E-state index in [1.54, 1.807) is 18.2 Å². The molecular weight excluding hydrogens is 220 g/mol. The number of halogens is 3. The van der Waals surface area contributed by atoms with Gasteiger partial charge in [0.25, 0.3) is 0 Å². The van der Waals surface area contributed by atoms with Crippen molar-refractivity contribution >= 4 is 23.2 Å². The lowest BCUT2D eigenvalue weighted by atomic mass is 10.2. The zero-order valence-electron chi connectivity index (χ0n) is 6.19. The molecule has 12 heavy (non-hydrogen) atoms. The van der Waals surface area contributed by atoms with Crippen molar-refractivity contribution in [1.82, 2.24) is 0 Å². The van der Waals surface area contributed by atoms with E-state index in [0.29, 0.717) is 16.7 Å². The van der Waals surface area contributed by atoms with Gasteiger partial charge in [0.15, 0.2) is 0 Å². The second kappa shape index (κ2) is 5.62. The molecule has 0 aliphatic carbocycles. The standard InChI is InChI=1S/C7H8Cl2NO.ClH/c8-6-1-5(4-11-10)2-7(9)3-6;/h1-3H,4H2,10H3;1H/q+1;/p-1. The van der Waals surface area contributed by atoms with Crippen molar-refractivity contribution in [3.8, 4) is 0 Å². The average molecular weight is 229 g/mol. The molecule has 0 unspecified atom stereocenters. The third-order valence-corrected chi connectivity index (χ3v) is 1.63. The molecule has 0 atom stereocenters. The van der Waals surface area contributed by atoms with Gasteiger partial charge >= 0.3 is 0 Å². The Morgan fingerprint density at radius 2 is 1.67 bits per heavy atom. The number of hydrogen-bond acceptors (Lipinski definition) is 1. The van der Waals surface area contributed by atoms with Crippen LogP contribution in [0.1, 0.15) is 5.56 Å². The highest BCUT2D eigenvalue weighted by molar-refractivity contribution is 6.34. The molecule has 0 aliphatic rings. The molecule has 0 heterocycles. The number of benzene rings is 1. The molecule has 1 aromatic carbocycles. The van der Waals surface area contributed by atoms with Crippen molar-refractivity contribution in [3.63, 3.8) is 0 Å². The van der Waals surface area contributed by atoms with E-state index in [1.165, 1.54) is 0 Å². The molecule has 1 aromatic rings. The Labute approximate surface area is 87.0 Å². The quantitative estimate of drug-likeness (QED) is 0.626. The second-order valence-corrected chi connectivity index (χ2v) is 3.00. The summed E-state index contributed by atoms with van der Waals surface area (Å²) in [6.45, 7) is 0.431. The van der Waals surface area contributed by atoms with Gasteiger partial charge in [-0.15, -0.1) is 0 Å². The SMILES string of the molecule is [Cl-].[NH3+]OCc1cc(Cl)cc(Cl)c1. The molecule has 0 aliphatic heterocycles. The molecule has 0 bridgehead atoms. The first kappa shape index (κ1) is 12.0. The third-order valence-electron chi connectivity index (χ3n) is 1.19. The van der Waals surface area contributed by atoms with Crippen LogP contribution in [0.15, 0.2) is 18.2 Å². The Morgan fingerprint density at radius 3 is 2.08 bits per heavy atom. The van der Waals surface area contributed by atoms with Crippen LogP contribution in [0.4, 0.5) is 0 Å². The maximum Gasteiger partial charge on any atom is 0.131 e. The van der Waals surface area contributed by atoms with Crippen molar-refractivity contribution in [2.75, 3.05) is 0 Å². The summed E-state index contributed by atoms with van der Waals surface area (Å²) in [6.07, 6.45) is 0. The van der Waals surface area contributed by atoms with Crippen LogP contribution in [-0.4, -0.2) is 0 Å². The van der Waals surface area contributed by atoms with Crippen LogP contribution in [0, 0.1) is 0 Å². The van der Waals surface area contributed by atoms with Crippen LogP contribution >= 0.6 is 23.2 Å². The maximum absolute atomic E-state index is 5.73. The third kappa shape index (κ3) is 3.61. The van der Waals surface area contributed by atoms with Crippen LogP contribution in [0.5, 0.6) is 0 Å². The second-order valence-electron chi connectivity index (χ2n) is 2.13. The molecule has 3 N–H and O–H groups in total. The van der Waals surface area contributed by atoms with Gasteiger partial charge in [-0.05, 0) is 23.8 Å². The van der Waals surface area contributed by atoms with Gasteiger partial charge in [0.2, 0.25) is 0 Å². The Kier molecular flexibility index (Phi) is 5.63. The minimum atomic E-state index is 0. The monoisotopic (exact) mass is 227 g/mol. The van der Waals surface area contributed by atoms with E-state index in [4.69, 9.17) is 23.2 Å². The first-order chi connectivity index (χ1) is 5.22. The van der Waals surface area contributed by atoms with Crippen LogP contribution < -0.4 is 18.3 Å². The molecule has 0 aromatic heterocycles. The van der Waals surface area contributed by atoms with E-state index in [1.807, 2.05) is 0 Å². The van der Waals surface area contributed by atoms with E-state index in [9.17, 15) is 0 Å². The average Bonchev–Trinajstić information content (AvgIpc) is 1.85. The molecule has 0 radical (unpaired) electrons. The fraction of sp³-hybridized carbons (Fsp3) is 0.143. The van der Waals surface area contributed by atoms with Gasteiger partial charge < -0.3 is 12.4 Å². The Morgan fingerprint density at radius 1 is 1.17 bits per heavy atom. The van der Waals surface area contributed by atoms with Crippen molar-refractivity contribution < 1.29 is 23.1 Å². The van der Waals surface area contributed by atoms with E-state index < -0.39 is 0 Å². The molecule has 2 nitrogen and oxygen atoms in total. The van der Waals surface area contributed by atoms with E-state index >= 15 is 0 Å². The van der Waals surface area contributed by atoms with Crippen LogP contribution in [0.3, 0.4) is 0 Å². The summed E-state index contributed by atoms with van der Waals surface area (Å²) in [4.78, 5) is 4.67. The lowest BCUT2D eigenvalue weighted by Gasteiger charge is -1.98. The van der Waals surface area contributed by atoms with Crippen LogP contribution in [0.25, 0.3) is 0 Å². The first-order valence-corrected chi connectivity index (χ1v) is 3.80. The predicted octanol–water partition coefficient (Wildman–Crippen LogP) is -1.33. The fourth-order valence-corrected chi connectivity index (χ4v) is 1.38. The topological polar surface area (TPSA) is 36.9 Å². The van der Waals surface area contributed by atoms with Gasteiger partial charge in [-0.25, -0.2) is 10.7 Å². The summed E-state index contributed by atoms with van der Waals surface area (Å²) in [7, 11) is 0. The lowest BCUT2D eigenvalue weighted by molar-refractivity contribution is -0.695. The fourth-order valence-electron chi connectivity index (χ4n) is 0.812. The highest BCUT2D eigenvalue weighted by Gasteiger charge is 1.97. The predicted molar refractivity (Wildman–Crippen MR) is 44.1 cm³/mol. The van der Waals surface area contributed by atoms with E-state index in [-0.39, 0.29) is 12.4 Å². The smallest absolute Gasteiger partial charge is 0.131 e. The first-order valence-electron chi connectivity index (χ1n) is 3.04. The van der Waals surface area contributed by atoms with Crippen molar-refractivity contribution in [2.24, 2.45) is 0 Å². The molecule has 5 heteroatoms. The molecular formula is C7H8Cl3NO. The number of quaternary nitrogens is 1.